The van der Waals surface area contributed by atoms with E-state index in [1.807, 2.05) is 13.0 Å². The van der Waals surface area contributed by atoms with E-state index < -0.39 is 0 Å². The molecule has 150 valence electrons. The average molecular weight is 404 g/mol. The Balaban J connectivity index is 1.58. The predicted molar refractivity (Wildman–Crippen MR) is 127 cm³/mol. The Bertz CT molecular complexity index is 1390. The van der Waals surface area contributed by atoms with E-state index in [9.17, 15) is 4.39 Å². The van der Waals surface area contributed by atoms with Crippen LogP contribution in [0.1, 0.15) is 11.1 Å². The Morgan fingerprint density at radius 3 is 1.84 bits per heavy atom. The van der Waals surface area contributed by atoms with Gasteiger partial charge in [-0.2, -0.15) is 0 Å². The van der Waals surface area contributed by atoms with Crippen molar-refractivity contribution in [2.45, 2.75) is 13.8 Å². The summed E-state index contributed by atoms with van der Waals surface area (Å²) < 4.78 is 13.7. The molecule has 1 heterocycles. The van der Waals surface area contributed by atoms with Crippen molar-refractivity contribution in [2.24, 2.45) is 0 Å². The molecule has 5 aromatic rings. The van der Waals surface area contributed by atoms with E-state index in [1.165, 1.54) is 28.3 Å². The van der Waals surface area contributed by atoms with E-state index in [1.54, 1.807) is 12.1 Å². The van der Waals surface area contributed by atoms with E-state index in [0.717, 1.165) is 33.3 Å². The van der Waals surface area contributed by atoms with Crippen molar-refractivity contribution >= 4 is 10.9 Å². The van der Waals surface area contributed by atoms with Crippen molar-refractivity contribution in [3.8, 4) is 33.5 Å². The largest absolute Gasteiger partial charge is 0.247 e. The van der Waals surface area contributed by atoms with Gasteiger partial charge in [-0.25, -0.2) is 9.37 Å². The van der Waals surface area contributed by atoms with Crippen LogP contribution in [0.15, 0.2) is 97.1 Å². The summed E-state index contributed by atoms with van der Waals surface area (Å²) >= 11 is 0. The van der Waals surface area contributed by atoms with Crippen LogP contribution >= 0.6 is 0 Å². The van der Waals surface area contributed by atoms with Gasteiger partial charge in [0.15, 0.2) is 0 Å². The van der Waals surface area contributed by atoms with Crippen LogP contribution in [0.4, 0.5) is 4.39 Å². The normalized spacial score (nSPS) is 11.1. The molecule has 0 N–H and O–H groups in total. The minimum atomic E-state index is -0.231. The predicted octanol–water partition coefficient (Wildman–Crippen LogP) is 7.99. The number of halogens is 1. The molecule has 31 heavy (non-hydrogen) atoms. The molecular weight excluding hydrogens is 381 g/mol. The zero-order valence-electron chi connectivity index (χ0n) is 17.6. The summed E-state index contributed by atoms with van der Waals surface area (Å²) in [6.45, 7) is 4.09. The summed E-state index contributed by atoms with van der Waals surface area (Å²) in [6.07, 6.45) is 0. The summed E-state index contributed by atoms with van der Waals surface area (Å²) in [7, 11) is 0. The third-order valence-corrected chi connectivity index (χ3v) is 5.99. The van der Waals surface area contributed by atoms with Crippen LogP contribution in [0, 0.1) is 19.7 Å². The molecule has 2 heteroatoms. The maximum Gasteiger partial charge on any atom is 0.123 e. The van der Waals surface area contributed by atoms with Gasteiger partial charge in [0.2, 0.25) is 0 Å². The number of rotatable bonds is 3. The van der Waals surface area contributed by atoms with Crippen LogP contribution in [0.25, 0.3) is 44.4 Å². The maximum atomic E-state index is 13.7. The molecule has 0 saturated carbocycles. The topological polar surface area (TPSA) is 12.9 Å². The van der Waals surface area contributed by atoms with E-state index in [2.05, 4.69) is 79.7 Å². The van der Waals surface area contributed by atoms with Crippen molar-refractivity contribution in [1.29, 1.82) is 0 Å². The van der Waals surface area contributed by atoms with Crippen LogP contribution in [0.5, 0.6) is 0 Å². The highest BCUT2D eigenvalue weighted by Gasteiger charge is 2.12. The fourth-order valence-electron chi connectivity index (χ4n) is 4.18. The third kappa shape index (κ3) is 3.51. The van der Waals surface area contributed by atoms with Gasteiger partial charge in [-0.1, -0.05) is 78.9 Å². The van der Waals surface area contributed by atoms with Crippen molar-refractivity contribution in [3.05, 3.63) is 114 Å². The summed E-state index contributed by atoms with van der Waals surface area (Å²) in [4.78, 5) is 4.85. The van der Waals surface area contributed by atoms with Crippen LogP contribution < -0.4 is 0 Å². The summed E-state index contributed by atoms with van der Waals surface area (Å²) in [5.41, 5.74) is 9.76. The van der Waals surface area contributed by atoms with E-state index in [-0.39, 0.29) is 5.82 Å². The number of aryl methyl sites for hydroxylation is 1. The molecule has 1 nitrogen and oxygen atoms in total. The molecule has 0 fully saturated rings. The molecule has 0 aliphatic rings. The molecule has 0 amide bonds. The first kappa shape index (κ1) is 19.2. The first-order chi connectivity index (χ1) is 15.1. The number of hydrogen-bond donors (Lipinski definition) is 0. The quantitative estimate of drug-likeness (QED) is 0.297. The highest BCUT2D eigenvalue weighted by Crippen LogP contribution is 2.34. The summed E-state index contributed by atoms with van der Waals surface area (Å²) in [6, 6.07) is 32.3. The molecule has 0 spiro atoms. The van der Waals surface area contributed by atoms with Crippen LogP contribution in [-0.2, 0) is 0 Å². The summed E-state index contributed by atoms with van der Waals surface area (Å²) in [5, 5.41) is 0.870. The molecule has 0 bridgehead atoms. The highest BCUT2D eigenvalue weighted by molar-refractivity contribution is 5.88. The van der Waals surface area contributed by atoms with Gasteiger partial charge in [0, 0.05) is 10.9 Å². The number of aromatic nitrogens is 1. The smallest absolute Gasteiger partial charge is 0.123 e. The summed E-state index contributed by atoms with van der Waals surface area (Å²) in [5.74, 6) is -0.231. The molecule has 0 aliphatic heterocycles. The zero-order chi connectivity index (χ0) is 21.4. The highest BCUT2D eigenvalue weighted by atomic mass is 19.1. The number of nitrogens with zero attached hydrogens (tertiary/aromatic N) is 1. The fourth-order valence-corrected chi connectivity index (χ4v) is 4.18. The monoisotopic (exact) mass is 403 g/mol. The second-order valence-corrected chi connectivity index (χ2v) is 7.86. The van der Waals surface area contributed by atoms with Gasteiger partial charge in [0.1, 0.15) is 5.82 Å². The Kier molecular flexibility index (Phi) is 4.83. The van der Waals surface area contributed by atoms with Crippen molar-refractivity contribution in [2.75, 3.05) is 0 Å². The van der Waals surface area contributed by atoms with E-state index in [4.69, 9.17) is 4.98 Å². The van der Waals surface area contributed by atoms with Gasteiger partial charge in [0.05, 0.1) is 11.2 Å². The molecule has 4 aromatic carbocycles. The Hall–Kier alpha value is -3.78. The van der Waals surface area contributed by atoms with Gasteiger partial charge >= 0.3 is 0 Å². The molecule has 0 radical (unpaired) electrons. The molecule has 5 rings (SSSR count). The van der Waals surface area contributed by atoms with Gasteiger partial charge in [-0.05, 0) is 65.4 Å². The van der Waals surface area contributed by atoms with Gasteiger partial charge in [0.25, 0.3) is 0 Å². The number of benzene rings is 4. The second kappa shape index (κ2) is 7.81. The standard InChI is InChI=1S/C29H22FN/c1-19-20(2)29(31-28-17-16-24(30)18-27(19)28)23-14-12-22(13-15-23)26-11-7-6-10-25(26)21-8-4-3-5-9-21/h3-18H,1-2H3. The van der Waals surface area contributed by atoms with E-state index >= 15 is 0 Å². The van der Waals surface area contributed by atoms with Crippen LogP contribution in [0.2, 0.25) is 0 Å². The Morgan fingerprint density at radius 1 is 0.581 bits per heavy atom. The molecule has 1 aromatic heterocycles. The second-order valence-electron chi connectivity index (χ2n) is 7.86. The minimum absolute atomic E-state index is 0.231. The number of pyridine rings is 1. The lowest BCUT2D eigenvalue weighted by molar-refractivity contribution is 0.629. The SMILES string of the molecule is Cc1c(-c2ccc(-c3ccccc3-c3ccccc3)cc2)nc2ccc(F)cc2c1C. The third-order valence-electron chi connectivity index (χ3n) is 5.99. The van der Waals surface area contributed by atoms with Crippen molar-refractivity contribution in [1.82, 2.24) is 4.98 Å². The van der Waals surface area contributed by atoms with Crippen LogP contribution in [0.3, 0.4) is 0 Å². The Morgan fingerprint density at radius 2 is 1.16 bits per heavy atom. The molecule has 0 unspecified atom stereocenters. The molecule has 0 atom stereocenters. The van der Waals surface area contributed by atoms with Gasteiger partial charge in [-0.15, -0.1) is 0 Å². The lowest BCUT2D eigenvalue weighted by atomic mass is 9.93. The lowest BCUT2D eigenvalue weighted by Crippen LogP contribution is -1.95. The molecular formula is C29H22FN. The van der Waals surface area contributed by atoms with Crippen molar-refractivity contribution in [3.63, 3.8) is 0 Å². The maximum absolute atomic E-state index is 13.7. The minimum Gasteiger partial charge on any atom is -0.247 e. The first-order valence-electron chi connectivity index (χ1n) is 10.4. The first-order valence-corrected chi connectivity index (χ1v) is 10.4. The van der Waals surface area contributed by atoms with E-state index in [0.29, 0.717) is 0 Å². The van der Waals surface area contributed by atoms with Crippen LogP contribution in [-0.4, -0.2) is 4.98 Å². The molecule has 0 saturated heterocycles. The number of fused-ring (bicyclic) bond motifs is 1. The lowest BCUT2D eigenvalue weighted by Gasteiger charge is -2.14. The zero-order valence-corrected chi connectivity index (χ0v) is 17.6. The van der Waals surface area contributed by atoms with Crippen molar-refractivity contribution < 1.29 is 4.39 Å². The Labute approximate surface area is 181 Å². The fraction of sp³-hybridized carbons (Fsp3) is 0.0690. The van der Waals surface area contributed by atoms with Gasteiger partial charge in [-0.3, -0.25) is 0 Å². The average Bonchev–Trinajstić information content (AvgIpc) is 2.82. The molecule has 0 aliphatic carbocycles. The number of hydrogen-bond acceptors (Lipinski definition) is 1. The van der Waals surface area contributed by atoms with Gasteiger partial charge < -0.3 is 0 Å².